The van der Waals surface area contributed by atoms with Crippen LogP contribution >= 0.6 is 47.2 Å². The number of aliphatic imine (C=N–C) groups is 1. The van der Waals surface area contributed by atoms with Gasteiger partial charge in [0.05, 0.1) is 22.0 Å². The van der Waals surface area contributed by atoms with E-state index in [4.69, 9.17) is 23.2 Å². The van der Waals surface area contributed by atoms with Gasteiger partial charge in [0.2, 0.25) is 5.91 Å². The standard InChI is InChI=1S/C17H26Cl2N4O.HI/c1-6-21-16(22-11-17(2,3)15(24)20-4)23(5)10-12-7-8-13(18)14(19)9-12;/h7-9H,6,10-11H2,1-5H3,(H,20,24)(H,21,22);1H. The van der Waals surface area contributed by atoms with E-state index in [1.165, 1.54) is 0 Å². The SMILES string of the molecule is CCNC(=NCC(C)(C)C(=O)NC)N(C)Cc1ccc(Cl)c(Cl)c1.I. The number of hydrogen-bond acceptors (Lipinski definition) is 2. The molecule has 0 aliphatic heterocycles. The zero-order valence-corrected chi connectivity index (χ0v) is 19.2. The Balaban J connectivity index is 0.00000576. The van der Waals surface area contributed by atoms with Crippen LogP contribution < -0.4 is 10.6 Å². The zero-order chi connectivity index (χ0) is 18.3. The lowest BCUT2D eigenvalue weighted by Gasteiger charge is -2.25. The highest BCUT2D eigenvalue weighted by atomic mass is 127. The molecule has 0 radical (unpaired) electrons. The van der Waals surface area contributed by atoms with Gasteiger partial charge in [-0.05, 0) is 38.5 Å². The van der Waals surface area contributed by atoms with E-state index in [9.17, 15) is 4.79 Å². The lowest BCUT2D eigenvalue weighted by atomic mass is 9.93. The number of guanidine groups is 1. The molecule has 0 atom stereocenters. The minimum Gasteiger partial charge on any atom is -0.359 e. The van der Waals surface area contributed by atoms with Gasteiger partial charge < -0.3 is 15.5 Å². The van der Waals surface area contributed by atoms with E-state index in [2.05, 4.69) is 15.6 Å². The van der Waals surface area contributed by atoms with Gasteiger partial charge in [-0.1, -0.05) is 29.3 Å². The molecule has 0 saturated heterocycles. The maximum Gasteiger partial charge on any atom is 0.227 e. The van der Waals surface area contributed by atoms with Gasteiger partial charge in [-0.2, -0.15) is 0 Å². The Morgan fingerprint density at radius 2 is 1.92 bits per heavy atom. The van der Waals surface area contributed by atoms with E-state index in [1.807, 2.05) is 44.9 Å². The molecule has 25 heavy (non-hydrogen) atoms. The predicted molar refractivity (Wildman–Crippen MR) is 117 cm³/mol. The van der Waals surface area contributed by atoms with Gasteiger partial charge >= 0.3 is 0 Å². The first-order valence-electron chi connectivity index (χ1n) is 7.86. The van der Waals surface area contributed by atoms with Crippen molar-refractivity contribution in [3.63, 3.8) is 0 Å². The van der Waals surface area contributed by atoms with Crippen molar-refractivity contribution >= 4 is 59.0 Å². The van der Waals surface area contributed by atoms with Crippen LogP contribution in [0.3, 0.4) is 0 Å². The third-order valence-corrected chi connectivity index (χ3v) is 4.31. The van der Waals surface area contributed by atoms with Crippen LogP contribution in [-0.2, 0) is 11.3 Å². The first kappa shape index (κ1) is 24.3. The summed E-state index contributed by atoms with van der Waals surface area (Å²) in [6.07, 6.45) is 0. The van der Waals surface area contributed by atoms with Gasteiger partial charge in [0.15, 0.2) is 5.96 Å². The fraction of sp³-hybridized carbons (Fsp3) is 0.529. The molecule has 1 rings (SSSR count). The molecule has 0 spiro atoms. The molecule has 1 aromatic rings. The zero-order valence-electron chi connectivity index (χ0n) is 15.3. The molecular weight excluding hydrogens is 474 g/mol. The molecule has 0 heterocycles. The molecule has 1 amide bonds. The lowest BCUT2D eigenvalue weighted by Crippen LogP contribution is -2.41. The number of nitrogens with zero attached hydrogens (tertiary/aromatic N) is 2. The molecule has 142 valence electrons. The van der Waals surface area contributed by atoms with E-state index >= 15 is 0 Å². The van der Waals surface area contributed by atoms with Crippen molar-refractivity contribution in [3.05, 3.63) is 33.8 Å². The Hall–Kier alpha value is -0.730. The van der Waals surface area contributed by atoms with Gasteiger partial charge in [-0.25, -0.2) is 0 Å². The maximum atomic E-state index is 11.9. The maximum absolute atomic E-state index is 11.9. The summed E-state index contributed by atoms with van der Waals surface area (Å²) in [7, 11) is 3.58. The molecular formula is C17H27Cl2IN4O. The van der Waals surface area contributed by atoms with Gasteiger partial charge in [-0.15, -0.1) is 24.0 Å². The predicted octanol–water partition coefficient (Wildman–Crippen LogP) is 3.78. The number of halogens is 3. The average molecular weight is 501 g/mol. The molecule has 0 saturated carbocycles. The summed E-state index contributed by atoms with van der Waals surface area (Å²) in [6.45, 7) is 7.51. The second kappa shape index (κ2) is 11.1. The van der Waals surface area contributed by atoms with E-state index in [1.54, 1.807) is 13.1 Å². The van der Waals surface area contributed by atoms with Crippen LogP contribution in [0.25, 0.3) is 0 Å². The Kier molecular flexibility index (Phi) is 10.8. The summed E-state index contributed by atoms with van der Waals surface area (Å²) < 4.78 is 0. The number of carbonyl (C=O) groups excluding carboxylic acids is 1. The van der Waals surface area contributed by atoms with E-state index in [0.717, 1.165) is 18.1 Å². The van der Waals surface area contributed by atoms with E-state index < -0.39 is 5.41 Å². The minimum absolute atomic E-state index is 0. The van der Waals surface area contributed by atoms with Crippen molar-refractivity contribution in [2.24, 2.45) is 10.4 Å². The molecule has 1 aromatic carbocycles. The van der Waals surface area contributed by atoms with Crippen LogP contribution in [0.2, 0.25) is 10.0 Å². The van der Waals surface area contributed by atoms with Crippen molar-refractivity contribution in [1.82, 2.24) is 15.5 Å². The van der Waals surface area contributed by atoms with Crippen molar-refractivity contribution < 1.29 is 4.79 Å². The first-order valence-corrected chi connectivity index (χ1v) is 8.62. The number of benzene rings is 1. The quantitative estimate of drug-likeness (QED) is 0.355. The summed E-state index contributed by atoms with van der Waals surface area (Å²) in [5, 5.41) is 6.99. The summed E-state index contributed by atoms with van der Waals surface area (Å²) in [6, 6.07) is 5.56. The number of hydrogen-bond donors (Lipinski definition) is 2. The highest BCUT2D eigenvalue weighted by Gasteiger charge is 2.26. The molecule has 0 fully saturated rings. The van der Waals surface area contributed by atoms with Crippen LogP contribution in [0.15, 0.2) is 23.2 Å². The van der Waals surface area contributed by atoms with Gasteiger partial charge in [0.25, 0.3) is 0 Å². The third kappa shape index (κ3) is 7.58. The van der Waals surface area contributed by atoms with Crippen LogP contribution in [-0.4, -0.2) is 44.0 Å². The Labute approximate surface area is 177 Å². The topological polar surface area (TPSA) is 56.7 Å². The van der Waals surface area contributed by atoms with Crippen LogP contribution in [0.5, 0.6) is 0 Å². The molecule has 8 heteroatoms. The third-order valence-electron chi connectivity index (χ3n) is 3.57. The fourth-order valence-electron chi connectivity index (χ4n) is 2.14. The lowest BCUT2D eigenvalue weighted by molar-refractivity contribution is -0.128. The minimum atomic E-state index is -0.570. The second-order valence-corrected chi connectivity index (χ2v) is 7.05. The fourth-order valence-corrected chi connectivity index (χ4v) is 2.46. The highest BCUT2D eigenvalue weighted by Crippen LogP contribution is 2.23. The van der Waals surface area contributed by atoms with Crippen molar-refractivity contribution in [2.75, 3.05) is 27.2 Å². The average Bonchev–Trinajstić information content (AvgIpc) is 2.53. The van der Waals surface area contributed by atoms with Crippen LogP contribution in [0, 0.1) is 5.41 Å². The van der Waals surface area contributed by atoms with Crippen LogP contribution in [0.4, 0.5) is 0 Å². The smallest absolute Gasteiger partial charge is 0.227 e. The summed E-state index contributed by atoms with van der Waals surface area (Å²) >= 11 is 12.0. The molecule has 0 unspecified atom stereocenters. The second-order valence-electron chi connectivity index (χ2n) is 6.24. The van der Waals surface area contributed by atoms with Gasteiger partial charge in [-0.3, -0.25) is 9.79 Å². The monoisotopic (exact) mass is 500 g/mol. The number of amides is 1. The Bertz CT molecular complexity index is 608. The van der Waals surface area contributed by atoms with Crippen molar-refractivity contribution in [1.29, 1.82) is 0 Å². The molecule has 0 aromatic heterocycles. The van der Waals surface area contributed by atoms with E-state index in [0.29, 0.717) is 23.1 Å². The summed E-state index contributed by atoms with van der Waals surface area (Å²) in [5.41, 5.74) is 0.461. The molecule has 0 aliphatic rings. The molecule has 2 N–H and O–H groups in total. The molecule has 0 aliphatic carbocycles. The number of rotatable bonds is 6. The van der Waals surface area contributed by atoms with Gasteiger partial charge in [0.1, 0.15) is 0 Å². The van der Waals surface area contributed by atoms with Crippen molar-refractivity contribution in [2.45, 2.75) is 27.3 Å². The van der Waals surface area contributed by atoms with E-state index in [-0.39, 0.29) is 29.9 Å². The van der Waals surface area contributed by atoms with Crippen molar-refractivity contribution in [3.8, 4) is 0 Å². The first-order chi connectivity index (χ1) is 11.2. The van der Waals surface area contributed by atoms with Gasteiger partial charge in [0, 0.05) is 27.2 Å². The summed E-state index contributed by atoms with van der Waals surface area (Å²) in [5.74, 6) is 0.704. The number of carbonyl (C=O) groups is 1. The molecule has 5 nitrogen and oxygen atoms in total. The van der Waals surface area contributed by atoms with Crippen LogP contribution in [0.1, 0.15) is 26.3 Å². The highest BCUT2D eigenvalue weighted by molar-refractivity contribution is 14.0. The summed E-state index contributed by atoms with van der Waals surface area (Å²) in [4.78, 5) is 18.5. The molecule has 0 bridgehead atoms. The number of nitrogens with one attached hydrogen (secondary N) is 2. The Morgan fingerprint density at radius 1 is 1.28 bits per heavy atom. The largest absolute Gasteiger partial charge is 0.359 e. The Morgan fingerprint density at radius 3 is 2.44 bits per heavy atom. The normalized spacial score (nSPS) is 11.6.